The van der Waals surface area contributed by atoms with Crippen LogP contribution in [0.4, 0.5) is 10.1 Å². The van der Waals surface area contributed by atoms with Crippen molar-refractivity contribution in [1.29, 1.82) is 5.26 Å². The second-order valence-corrected chi connectivity index (χ2v) is 5.15. The van der Waals surface area contributed by atoms with Crippen LogP contribution in [0.1, 0.15) is 11.6 Å². The highest BCUT2D eigenvalue weighted by Crippen LogP contribution is 2.27. The first-order chi connectivity index (χ1) is 9.10. The summed E-state index contributed by atoms with van der Waals surface area (Å²) in [5.41, 5.74) is 1.46. The summed E-state index contributed by atoms with van der Waals surface area (Å²) in [6.07, 6.45) is 0. The van der Waals surface area contributed by atoms with Gasteiger partial charge in [0.05, 0.1) is 11.1 Å². The first-order valence-corrected chi connectivity index (χ1v) is 6.64. The van der Waals surface area contributed by atoms with Crippen LogP contribution in [-0.2, 0) is 0 Å². The Morgan fingerprint density at radius 3 is 2.47 bits per heavy atom. The molecule has 0 aliphatic heterocycles. The van der Waals surface area contributed by atoms with Crippen LogP contribution >= 0.6 is 27.5 Å². The predicted molar refractivity (Wildman–Crippen MR) is 77.5 cm³/mol. The van der Waals surface area contributed by atoms with E-state index in [0.29, 0.717) is 10.7 Å². The summed E-state index contributed by atoms with van der Waals surface area (Å²) in [5, 5.41) is 12.8. The fourth-order valence-electron chi connectivity index (χ4n) is 1.59. The molecule has 0 aromatic heterocycles. The van der Waals surface area contributed by atoms with Crippen LogP contribution in [0, 0.1) is 17.1 Å². The first kappa shape index (κ1) is 13.9. The van der Waals surface area contributed by atoms with Crippen molar-refractivity contribution >= 4 is 33.2 Å². The summed E-state index contributed by atoms with van der Waals surface area (Å²) in [7, 11) is 0. The molecular weight excluding hydrogens is 331 g/mol. The minimum atomic E-state index is -0.529. The topological polar surface area (TPSA) is 35.8 Å². The van der Waals surface area contributed by atoms with E-state index in [1.807, 2.05) is 0 Å². The van der Waals surface area contributed by atoms with Crippen molar-refractivity contribution in [3.05, 3.63) is 63.3 Å². The van der Waals surface area contributed by atoms with Gasteiger partial charge in [-0.1, -0.05) is 17.7 Å². The number of halogens is 3. The van der Waals surface area contributed by atoms with Crippen molar-refractivity contribution in [2.45, 2.75) is 6.04 Å². The highest BCUT2D eigenvalue weighted by Gasteiger charge is 2.11. The molecule has 2 aromatic carbocycles. The number of anilines is 1. The normalized spacial score (nSPS) is 11.7. The molecule has 5 heteroatoms. The van der Waals surface area contributed by atoms with Gasteiger partial charge in [0.25, 0.3) is 0 Å². The zero-order valence-electron chi connectivity index (χ0n) is 9.70. The van der Waals surface area contributed by atoms with Crippen LogP contribution in [0.25, 0.3) is 0 Å². The monoisotopic (exact) mass is 338 g/mol. The molecule has 0 amide bonds. The lowest BCUT2D eigenvalue weighted by Crippen LogP contribution is -2.08. The number of nitrogens with zero attached hydrogens (tertiary/aromatic N) is 1. The molecule has 2 aromatic rings. The average molecular weight is 340 g/mol. The Bertz CT molecular complexity index is 622. The molecular formula is C14H9BrClFN2. The lowest BCUT2D eigenvalue weighted by molar-refractivity contribution is 0.628. The zero-order valence-corrected chi connectivity index (χ0v) is 12.0. The Balaban J connectivity index is 2.23. The van der Waals surface area contributed by atoms with E-state index >= 15 is 0 Å². The molecule has 1 atom stereocenters. The van der Waals surface area contributed by atoms with Gasteiger partial charge in [0.15, 0.2) is 0 Å². The molecule has 0 saturated heterocycles. The van der Waals surface area contributed by atoms with Gasteiger partial charge >= 0.3 is 0 Å². The van der Waals surface area contributed by atoms with Gasteiger partial charge in [-0.3, -0.25) is 0 Å². The van der Waals surface area contributed by atoms with Crippen molar-refractivity contribution in [2.24, 2.45) is 0 Å². The van der Waals surface area contributed by atoms with Gasteiger partial charge in [-0.25, -0.2) is 4.39 Å². The molecule has 1 N–H and O–H groups in total. The Morgan fingerprint density at radius 2 is 1.89 bits per heavy atom. The fourth-order valence-corrected chi connectivity index (χ4v) is 2.11. The van der Waals surface area contributed by atoms with E-state index < -0.39 is 6.04 Å². The van der Waals surface area contributed by atoms with Crippen LogP contribution in [-0.4, -0.2) is 0 Å². The molecule has 96 valence electrons. The van der Waals surface area contributed by atoms with Gasteiger partial charge in [-0.2, -0.15) is 5.26 Å². The van der Waals surface area contributed by atoms with E-state index in [9.17, 15) is 9.65 Å². The Morgan fingerprint density at radius 1 is 1.21 bits per heavy atom. The standard InChI is InChI=1S/C14H9BrClFN2/c15-12-7-9(1-6-13(12)16)14(8-18)19-11-4-2-10(17)3-5-11/h1-7,14,19H. The SMILES string of the molecule is N#CC(Nc1ccc(F)cc1)c1ccc(Cl)c(Br)c1. The number of benzene rings is 2. The molecule has 2 nitrogen and oxygen atoms in total. The molecule has 1 unspecified atom stereocenters. The lowest BCUT2D eigenvalue weighted by atomic mass is 10.1. The van der Waals surface area contributed by atoms with Crippen molar-refractivity contribution in [1.82, 2.24) is 0 Å². The highest BCUT2D eigenvalue weighted by atomic mass is 79.9. The maximum absolute atomic E-state index is 12.8. The van der Waals surface area contributed by atoms with Crippen molar-refractivity contribution in [3.8, 4) is 6.07 Å². The average Bonchev–Trinajstić information content (AvgIpc) is 2.41. The second kappa shape index (κ2) is 6.05. The van der Waals surface area contributed by atoms with E-state index in [-0.39, 0.29) is 5.82 Å². The van der Waals surface area contributed by atoms with Crippen LogP contribution in [0.15, 0.2) is 46.9 Å². The predicted octanol–water partition coefficient (Wildman–Crippen LogP) is 4.92. The maximum atomic E-state index is 12.8. The molecule has 2 rings (SSSR count). The highest BCUT2D eigenvalue weighted by molar-refractivity contribution is 9.10. The van der Waals surface area contributed by atoms with Crippen molar-refractivity contribution in [2.75, 3.05) is 5.32 Å². The van der Waals surface area contributed by atoms with E-state index in [0.717, 1.165) is 10.0 Å². The van der Waals surface area contributed by atoms with E-state index in [2.05, 4.69) is 27.3 Å². The zero-order chi connectivity index (χ0) is 13.8. The van der Waals surface area contributed by atoms with Crippen molar-refractivity contribution in [3.63, 3.8) is 0 Å². The summed E-state index contributed by atoms with van der Waals surface area (Å²) in [6.45, 7) is 0. The number of nitriles is 1. The van der Waals surface area contributed by atoms with Gasteiger partial charge in [-0.05, 0) is 57.9 Å². The number of hydrogen-bond donors (Lipinski definition) is 1. The summed E-state index contributed by atoms with van der Waals surface area (Å²) in [5.74, 6) is -0.312. The van der Waals surface area contributed by atoms with Gasteiger partial charge in [-0.15, -0.1) is 0 Å². The van der Waals surface area contributed by atoms with Gasteiger partial charge in [0, 0.05) is 10.2 Å². The Kier molecular flexibility index (Phi) is 4.41. The third-order valence-electron chi connectivity index (χ3n) is 2.56. The molecule has 0 fully saturated rings. The second-order valence-electron chi connectivity index (χ2n) is 3.89. The first-order valence-electron chi connectivity index (χ1n) is 5.47. The molecule has 0 spiro atoms. The third-order valence-corrected chi connectivity index (χ3v) is 3.78. The van der Waals surface area contributed by atoms with Crippen molar-refractivity contribution < 1.29 is 4.39 Å². The van der Waals surface area contributed by atoms with Gasteiger partial charge in [0.1, 0.15) is 11.9 Å². The Hall–Kier alpha value is -1.57. The van der Waals surface area contributed by atoms with Crippen LogP contribution in [0.3, 0.4) is 0 Å². The molecule has 19 heavy (non-hydrogen) atoms. The molecule has 0 saturated carbocycles. The largest absolute Gasteiger partial charge is 0.366 e. The summed E-state index contributed by atoms with van der Waals surface area (Å²) < 4.78 is 13.5. The third kappa shape index (κ3) is 3.46. The minimum absolute atomic E-state index is 0.312. The quantitative estimate of drug-likeness (QED) is 0.861. The van der Waals surface area contributed by atoms with Crippen LogP contribution < -0.4 is 5.32 Å². The summed E-state index contributed by atoms with van der Waals surface area (Å²) in [4.78, 5) is 0. The summed E-state index contributed by atoms with van der Waals surface area (Å²) in [6, 6.07) is 12.8. The van der Waals surface area contributed by atoms with E-state index in [1.54, 1.807) is 30.3 Å². The lowest BCUT2D eigenvalue weighted by Gasteiger charge is -2.14. The van der Waals surface area contributed by atoms with Crippen LogP contribution in [0.5, 0.6) is 0 Å². The number of nitrogens with one attached hydrogen (secondary N) is 1. The number of rotatable bonds is 3. The molecule has 0 radical (unpaired) electrons. The molecule has 0 heterocycles. The van der Waals surface area contributed by atoms with E-state index in [4.69, 9.17) is 11.6 Å². The Labute approximate surface area is 123 Å². The van der Waals surface area contributed by atoms with Gasteiger partial charge in [0.2, 0.25) is 0 Å². The summed E-state index contributed by atoms with van der Waals surface area (Å²) >= 11 is 9.23. The fraction of sp³-hybridized carbons (Fsp3) is 0.0714. The maximum Gasteiger partial charge on any atom is 0.140 e. The molecule has 0 aliphatic rings. The number of hydrogen-bond acceptors (Lipinski definition) is 2. The van der Waals surface area contributed by atoms with E-state index in [1.165, 1.54) is 12.1 Å². The molecule has 0 aliphatic carbocycles. The molecule has 0 bridgehead atoms. The van der Waals surface area contributed by atoms with Crippen LogP contribution in [0.2, 0.25) is 5.02 Å². The van der Waals surface area contributed by atoms with Gasteiger partial charge < -0.3 is 5.32 Å². The smallest absolute Gasteiger partial charge is 0.140 e. The minimum Gasteiger partial charge on any atom is -0.366 e.